The van der Waals surface area contributed by atoms with E-state index in [-0.39, 0.29) is 31.1 Å². The van der Waals surface area contributed by atoms with Crippen LogP contribution in [-0.4, -0.2) is 37.2 Å². The molecule has 0 fully saturated rings. The first-order chi connectivity index (χ1) is 32.0. The maximum absolute atomic E-state index is 12.8. The van der Waals surface area contributed by atoms with Crippen LogP contribution in [0, 0.1) is 0 Å². The van der Waals surface area contributed by atoms with Gasteiger partial charge in [-0.25, -0.2) is 0 Å². The highest BCUT2D eigenvalue weighted by Crippen LogP contribution is 2.17. The molecule has 0 aromatic carbocycles. The van der Waals surface area contributed by atoms with Crippen LogP contribution in [0.2, 0.25) is 0 Å². The fourth-order valence-electron chi connectivity index (χ4n) is 8.59. The van der Waals surface area contributed by atoms with Crippen molar-refractivity contribution in [3.63, 3.8) is 0 Å². The Morgan fingerprint density at radius 3 is 0.877 bits per heavy atom. The number of allylic oxidation sites excluding steroid dienone is 4. The van der Waals surface area contributed by atoms with E-state index in [0.29, 0.717) is 19.3 Å². The van der Waals surface area contributed by atoms with Crippen LogP contribution in [0.25, 0.3) is 0 Å². The van der Waals surface area contributed by atoms with Gasteiger partial charge in [-0.1, -0.05) is 270 Å². The summed E-state index contributed by atoms with van der Waals surface area (Å²) in [7, 11) is 0. The van der Waals surface area contributed by atoms with E-state index in [1.54, 1.807) is 0 Å². The van der Waals surface area contributed by atoms with Gasteiger partial charge in [-0.2, -0.15) is 0 Å². The van der Waals surface area contributed by atoms with Crippen LogP contribution in [0.15, 0.2) is 24.3 Å². The molecule has 382 valence electrons. The minimum absolute atomic E-state index is 0.0667. The first-order valence-corrected chi connectivity index (χ1v) is 28.8. The smallest absolute Gasteiger partial charge is 0.306 e. The Hall–Kier alpha value is -2.11. The molecule has 65 heavy (non-hydrogen) atoms. The molecule has 0 aliphatic heterocycles. The molecule has 0 amide bonds. The maximum atomic E-state index is 12.8. The number of hydrogen-bond acceptors (Lipinski definition) is 6. The molecule has 0 saturated carbocycles. The van der Waals surface area contributed by atoms with E-state index in [4.69, 9.17) is 14.2 Å². The summed E-state index contributed by atoms with van der Waals surface area (Å²) >= 11 is 0. The molecule has 0 aromatic heterocycles. The van der Waals surface area contributed by atoms with Gasteiger partial charge in [0.25, 0.3) is 0 Å². The van der Waals surface area contributed by atoms with Crippen LogP contribution in [0.4, 0.5) is 0 Å². The molecule has 6 nitrogen and oxygen atoms in total. The Morgan fingerprint density at radius 1 is 0.308 bits per heavy atom. The molecule has 0 saturated heterocycles. The molecule has 0 spiro atoms. The molecule has 0 bridgehead atoms. The number of carbonyl (C=O) groups excluding carboxylic acids is 3. The Bertz CT molecular complexity index is 1050. The summed E-state index contributed by atoms with van der Waals surface area (Å²) in [5.41, 5.74) is 0. The highest BCUT2D eigenvalue weighted by molar-refractivity contribution is 5.71. The number of carbonyl (C=O) groups is 3. The molecule has 0 rings (SSSR count). The lowest BCUT2D eigenvalue weighted by atomic mass is 10.0. The second-order valence-corrected chi connectivity index (χ2v) is 19.6. The van der Waals surface area contributed by atoms with Gasteiger partial charge < -0.3 is 14.2 Å². The van der Waals surface area contributed by atoms with Crippen LogP contribution in [0.1, 0.15) is 316 Å². The van der Waals surface area contributed by atoms with Crippen molar-refractivity contribution >= 4 is 17.9 Å². The lowest BCUT2D eigenvalue weighted by Crippen LogP contribution is -2.30. The molecule has 0 radical (unpaired) electrons. The van der Waals surface area contributed by atoms with Gasteiger partial charge in [-0.3, -0.25) is 14.4 Å². The average molecular weight is 916 g/mol. The summed E-state index contributed by atoms with van der Waals surface area (Å²) in [4.78, 5) is 38.1. The van der Waals surface area contributed by atoms with Gasteiger partial charge in [0.15, 0.2) is 6.10 Å². The minimum Gasteiger partial charge on any atom is -0.462 e. The molecule has 0 aromatic rings. The topological polar surface area (TPSA) is 78.9 Å². The highest BCUT2D eigenvalue weighted by atomic mass is 16.6. The minimum atomic E-state index is -0.767. The van der Waals surface area contributed by atoms with E-state index >= 15 is 0 Å². The van der Waals surface area contributed by atoms with Crippen LogP contribution in [-0.2, 0) is 28.6 Å². The second kappa shape index (κ2) is 54.5. The molecule has 0 N–H and O–H groups in total. The highest BCUT2D eigenvalue weighted by Gasteiger charge is 2.19. The summed E-state index contributed by atoms with van der Waals surface area (Å²) in [6.07, 6.45) is 63.0. The van der Waals surface area contributed by atoms with Gasteiger partial charge in [-0.05, 0) is 51.4 Å². The van der Waals surface area contributed by atoms with E-state index in [2.05, 4.69) is 45.1 Å². The molecule has 6 heteroatoms. The van der Waals surface area contributed by atoms with E-state index < -0.39 is 6.10 Å². The van der Waals surface area contributed by atoms with Crippen LogP contribution >= 0.6 is 0 Å². The van der Waals surface area contributed by atoms with Crippen molar-refractivity contribution in [3.05, 3.63) is 24.3 Å². The van der Waals surface area contributed by atoms with E-state index in [9.17, 15) is 14.4 Å². The van der Waals surface area contributed by atoms with Crippen LogP contribution < -0.4 is 0 Å². The fraction of sp³-hybridized carbons (Fsp3) is 0.881. The van der Waals surface area contributed by atoms with Crippen molar-refractivity contribution in [3.8, 4) is 0 Å². The standard InChI is InChI=1S/C59H110O6/c1-4-7-10-13-16-19-22-25-28-29-30-31-32-35-37-40-43-46-49-52-58(61)64-55-56(65-59(62)53-50-47-44-41-38-34-27-24-21-18-15-12-9-6-3)54-63-57(60)51-48-45-42-39-36-33-26-23-20-17-14-11-8-5-2/h16,19,25,28,56H,4-15,17-18,20-24,26-27,29-55H2,1-3H3/b19-16-,28-25-. The SMILES string of the molecule is CCCCC/C=C\C/C=C\CCCCCCCCCCCC(=O)OCC(COC(=O)CCCCCCCCCCCCCCCC)OC(=O)CCCCCCCCCCCCCCCC. The third-order valence-electron chi connectivity index (χ3n) is 13.0. The third kappa shape index (κ3) is 52.7. The van der Waals surface area contributed by atoms with Crippen molar-refractivity contribution in [1.29, 1.82) is 0 Å². The lowest BCUT2D eigenvalue weighted by molar-refractivity contribution is -0.167. The first-order valence-electron chi connectivity index (χ1n) is 28.8. The normalized spacial score (nSPS) is 12.1. The number of rotatable bonds is 53. The summed E-state index contributed by atoms with van der Waals surface area (Å²) in [6, 6.07) is 0. The van der Waals surface area contributed by atoms with E-state index in [1.165, 1.54) is 212 Å². The zero-order valence-corrected chi connectivity index (χ0v) is 43.8. The molecule has 1 unspecified atom stereocenters. The van der Waals surface area contributed by atoms with Gasteiger partial charge in [0, 0.05) is 19.3 Å². The molecular formula is C59H110O6. The van der Waals surface area contributed by atoms with E-state index in [0.717, 1.165) is 64.2 Å². The third-order valence-corrected chi connectivity index (χ3v) is 13.0. The summed E-state index contributed by atoms with van der Waals surface area (Å²) in [5, 5.41) is 0. The van der Waals surface area contributed by atoms with Gasteiger partial charge in [-0.15, -0.1) is 0 Å². The van der Waals surface area contributed by atoms with Gasteiger partial charge in [0.05, 0.1) is 0 Å². The van der Waals surface area contributed by atoms with Crippen molar-refractivity contribution in [2.45, 2.75) is 322 Å². The Morgan fingerprint density at radius 2 is 0.554 bits per heavy atom. The van der Waals surface area contributed by atoms with Crippen molar-refractivity contribution in [1.82, 2.24) is 0 Å². The van der Waals surface area contributed by atoms with E-state index in [1.807, 2.05) is 0 Å². The average Bonchev–Trinajstić information content (AvgIpc) is 3.30. The first kappa shape index (κ1) is 62.9. The number of ether oxygens (including phenoxy) is 3. The van der Waals surface area contributed by atoms with Gasteiger partial charge in [0.2, 0.25) is 0 Å². The fourth-order valence-corrected chi connectivity index (χ4v) is 8.59. The lowest BCUT2D eigenvalue weighted by Gasteiger charge is -2.18. The quantitative estimate of drug-likeness (QED) is 0.0262. The zero-order valence-electron chi connectivity index (χ0n) is 43.8. The number of unbranched alkanes of at least 4 members (excludes halogenated alkanes) is 38. The summed E-state index contributed by atoms with van der Waals surface area (Å²) in [6.45, 7) is 6.66. The molecular weight excluding hydrogens is 805 g/mol. The Labute approximate surface area is 404 Å². The van der Waals surface area contributed by atoms with Gasteiger partial charge in [0.1, 0.15) is 13.2 Å². The van der Waals surface area contributed by atoms with Crippen molar-refractivity contribution in [2.75, 3.05) is 13.2 Å². The van der Waals surface area contributed by atoms with Gasteiger partial charge >= 0.3 is 17.9 Å². The summed E-state index contributed by atoms with van der Waals surface area (Å²) < 4.78 is 16.9. The Kier molecular flexibility index (Phi) is 52.7. The molecule has 0 aliphatic rings. The number of esters is 3. The molecule has 0 heterocycles. The summed E-state index contributed by atoms with van der Waals surface area (Å²) in [5.74, 6) is -0.850. The predicted molar refractivity (Wildman–Crippen MR) is 279 cm³/mol. The van der Waals surface area contributed by atoms with Crippen molar-refractivity contribution < 1.29 is 28.6 Å². The predicted octanol–water partition coefficient (Wildman–Crippen LogP) is 19.1. The van der Waals surface area contributed by atoms with Crippen LogP contribution in [0.5, 0.6) is 0 Å². The zero-order chi connectivity index (χ0) is 47.2. The Balaban J connectivity index is 4.31. The molecule has 0 aliphatic carbocycles. The molecule has 1 atom stereocenters. The van der Waals surface area contributed by atoms with Crippen LogP contribution in [0.3, 0.4) is 0 Å². The maximum Gasteiger partial charge on any atom is 0.306 e. The number of hydrogen-bond donors (Lipinski definition) is 0. The monoisotopic (exact) mass is 915 g/mol. The second-order valence-electron chi connectivity index (χ2n) is 19.6. The van der Waals surface area contributed by atoms with Crippen molar-refractivity contribution in [2.24, 2.45) is 0 Å². The largest absolute Gasteiger partial charge is 0.462 e.